The standard InChI is InChI=1S/C16H12Cl2N2O2S/c1-9-7-10(5-6-11(9)17)22-8-14(21)19-16-20-15-12(18)3-2-4-13(15)23-16/h2-7H,8H2,1H3,(H,19,20,21). The number of carbonyl (C=O) groups is 1. The minimum atomic E-state index is -0.284. The smallest absolute Gasteiger partial charge is 0.264 e. The molecule has 0 bridgehead atoms. The number of nitrogens with zero attached hydrogens (tertiary/aromatic N) is 1. The normalized spacial score (nSPS) is 10.7. The van der Waals surface area contributed by atoms with Crippen molar-refractivity contribution in [3.8, 4) is 5.75 Å². The third kappa shape index (κ3) is 3.75. The van der Waals surface area contributed by atoms with Crippen LogP contribution in [0.1, 0.15) is 5.56 Å². The van der Waals surface area contributed by atoms with Gasteiger partial charge in [-0.3, -0.25) is 10.1 Å². The van der Waals surface area contributed by atoms with Crippen LogP contribution in [0, 0.1) is 6.92 Å². The molecule has 0 aliphatic heterocycles. The lowest BCUT2D eigenvalue weighted by Crippen LogP contribution is -2.20. The molecule has 3 aromatic rings. The maximum absolute atomic E-state index is 12.0. The third-order valence-corrected chi connectivity index (χ3v) is 4.78. The fourth-order valence-corrected chi connectivity index (χ4v) is 3.28. The van der Waals surface area contributed by atoms with Crippen LogP contribution in [-0.4, -0.2) is 17.5 Å². The average Bonchev–Trinajstić information content (AvgIpc) is 2.92. The van der Waals surface area contributed by atoms with Crippen molar-refractivity contribution in [1.82, 2.24) is 4.98 Å². The molecule has 0 saturated carbocycles. The molecule has 0 unspecified atom stereocenters. The predicted molar refractivity (Wildman–Crippen MR) is 94.9 cm³/mol. The van der Waals surface area contributed by atoms with E-state index in [1.54, 1.807) is 24.3 Å². The number of aromatic nitrogens is 1. The number of carbonyl (C=O) groups excluding carboxylic acids is 1. The number of thiazole rings is 1. The Balaban J connectivity index is 1.64. The van der Waals surface area contributed by atoms with Crippen LogP contribution in [0.25, 0.3) is 10.2 Å². The van der Waals surface area contributed by atoms with Crippen molar-refractivity contribution in [2.75, 3.05) is 11.9 Å². The lowest BCUT2D eigenvalue weighted by Gasteiger charge is -2.07. The number of amides is 1. The molecule has 0 saturated heterocycles. The summed E-state index contributed by atoms with van der Waals surface area (Å²) in [5, 5.41) is 4.43. The molecule has 0 radical (unpaired) electrons. The van der Waals surface area contributed by atoms with Gasteiger partial charge in [-0.15, -0.1) is 0 Å². The van der Waals surface area contributed by atoms with Gasteiger partial charge < -0.3 is 4.74 Å². The van der Waals surface area contributed by atoms with Gasteiger partial charge in [0.05, 0.1) is 9.72 Å². The zero-order valence-electron chi connectivity index (χ0n) is 12.1. The summed E-state index contributed by atoms with van der Waals surface area (Å²) in [6.45, 7) is 1.77. The number of benzene rings is 2. The van der Waals surface area contributed by atoms with Gasteiger partial charge in [-0.05, 0) is 42.8 Å². The Morgan fingerprint density at radius 1 is 1.26 bits per heavy atom. The lowest BCUT2D eigenvalue weighted by molar-refractivity contribution is -0.118. The number of anilines is 1. The van der Waals surface area contributed by atoms with E-state index in [1.807, 2.05) is 19.1 Å². The number of fused-ring (bicyclic) bond motifs is 1. The molecule has 2 aromatic carbocycles. The molecule has 1 amide bonds. The van der Waals surface area contributed by atoms with Crippen molar-refractivity contribution in [1.29, 1.82) is 0 Å². The summed E-state index contributed by atoms with van der Waals surface area (Å²) in [5.74, 6) is 0.308. The van der Waals surface area contributed by atoms with E-state index in [1.165, 1.54) is 11.3 Å². The van der Waals surface area contributed by atoms with Gasteiger partial charge in [0.1, 0.15) is 11.3 Å². The van der Waals surface area contributed by atoms with E-state index in [0.29, 0.717) is 26.4 Å². The van der Waals surface area contributed by atoms with Gasteiger partial charge in [-0.2, -0.15) is 0 Å². The van der Waals surface area contributed by atoms with Gasteiger partial charge in [-0.25, -0.2) is 4.98 Å². The Morgan fingerprint density at radius 2 is 2.09 bits per heavy atom. The molecule has 4 nitrogen and oxygen atoms in total. The quantitative estimate of drug-likeness (QED) is 0.712. The van der Waals surface area contributed by atoms with Gasteiger partial charge in [0.15, 0.2) is 11.7 Å². The summed E-state index contributed by atoms with van der Waals surface area (Å²) >= 11 is 13.4. The number of para-hydroxylation sites is 1. The third-order valence-electron chi connectivity index (χ3n) is 3.12. The molecule has 0 fully saturated rings. The monoisotopic (exact) mass is 366 g/mol. The van der Waals surface area contributed by atoms with Crippen LogP contribution < -0.4 is 10.1 Å². The molecule has 0 atom stereocenters. The van der Waals surface area contributed by atoms with Crippen molar-refractivity contribution in [2.45, 2.75) is 6.92 Å². The van der Waals surface area contributed by atoms with Crippen LogP contribution in [0.3, 0.4) is 0 Å². The molecule has 1 N–H and O–H groups in total. The minimum Gasteiger partial charge on any atom is -0.484 e. The Labute approximate surface area is 147 Å². The highest BCUT2D eigenvalue weighted by atomic mass is 35.5. The van der Waals surface area contributed by atoms with Crippen molar-refractivity contribution >= 4 is 55.8 Å². The van der Waals surface area contributed by atoms with Crippen molar-refractivity contribution in [2.24, 2.45) is 0 Å². The first-order valence-electron chi connectivity index (χ1n) is 6.77. The van der Waals surface area contributed by atoms with E-state index in [-0.39, 0.29) is 12.5 Å². The van der Waals surface area contributed by atoms with E-state index in [9.17, 15) is 4.79 Å². The molecule has 7 heteroatoms. The molecule has 3 rings (SSSR count). The molecule has 0 spiro atoms. The van der Waals surface area contributed by atoms with E-state index in [2.05, 4.69) is 10.3 Å². The van der Waals surface area contributed by atoms with Crippen molar-refractivity contribution in [3.05, 3.63) is 52.0 Å². The zero-order valence-corrected chi connectivity index (χ0v) is 14.4. The molecule has 0 aliphatic rings. The second kappa shape index (κ2) is 6.74. The minimum absolute atomic E-state index is 0.106. The largest absolute Gasteiger partial charge is 0.484 e. The van der Waals surface area contributed by atoms with Gasteiger partial charge in [0.2, 0.25) is 0 Å². The molecule has 23 heavy (non-hydrogen) atoms. The molecule has 1 heterocycles. The summed E-state index contributed by atoms with van der Waals surface area (Å²) in [5.41, 5.74) is 1.58. The van der Waals surface area contributed by atoms with Crippen LogP contribution in [0.15, 0.2) is 36.4 Å². The van der Waals surface area contributed by atoms with Crippen LogP contribution >= 0.6 is 34.5 Å². The Kier molecular flexibility index (Phi) is 4.71. The van der Waals surface area contributed by atoms with Gasteiger partial charge >= 0.3 is 0 Å². The van der Waals surface area contributed by atoms with Crippen LogP contribution in [0.4, 0.5) is 5.13 Å². The SMILES string of the molecule is Cc1cc(OCC(=O)Nc2nc3c(Cl)cccc3s2)ccc1Cl. The molecule has 0 aliphatic carbocycles. The topological polar surface area (TPSA) is 51.2 Å². The Morgan fingerprint density at radius 3 is 2.83 bits per heavy atom. The highest BCUT2D eigenvalue weighted by molar-refractivity contribution is 7.22. The predicted octanol–water partition coefficient (Wildman–Crippen LogP) is 4.93. The van der Waals surface area contributed by atoms with Crippen LogP contribution in [0.5, 0.6) is 5.75 Å². The van der Waals surface area contributed by atoms with Crippen molar-refractivity contribution in [3.63, 3.8) is 0 Å². The van der Waals surface area contributed by atoms with Crippen LogP contribution in [0.2, 0.25) is 10.0 Å². The van der Waals surface area contributed by atoms with Crippen molar-refractivity contribution < 1.29 is 9.53 Å². The highest BCUT2D eigenvalue weighted by Gasteiger charge is 2.10. The number of hydrogen-bond acceptors (Lipinski definition) is 4. The molecule has 1 aromatic heterocycles. The van der Waals surface area contributed by atoms with E-state index in [0.717, 1.165) is 10.3 Å². The summed E-state index contributed by atoms with van der Waals surface area (Å²) in [6.07, 6.45) is 0. The lowest BCUT2D eigenvalue weighted by atomic mass is 10.2. The number of halogens is 2. The van der Waals surface area contributed by atoms with Gasteiger partial charge in [-0.1, -0.05) is 40.6 Å². The number of aryl methyl sites for hydroxylation is 1. The average molecular weight is 367 g/mol. The molecular weight excluding hydrogens is 355 g/mol. The summed E-state index contributed by atoms with van der Waals surface area (Å²) in [6, 6.07) is 10.8. The summed E-state index contributed by atoms with van der Waals surface area (Å²) in [7, 11) is 0. The highest BCUT2D eigenvalue weighted by Crippen LogP contribution is 2.30. The van der Waals surface area contributed by atoms with E-state index < -0.39 is 0 Å². The number of ether oxygens (including phenoxy) is 1. The van der Waals surface area contributed by atoms with Gasteiger partial charge in [0, 0.05) is 5.02 Å². The number of nitrogens with one attached hydrogen (secondary N) is 1. The first-order valence-corrected chi connectivity index (χ1v) is 8.34. The fourth-order valence-electron chi connectivity index (χ4n) is 1.98. The maximum atomic E-state index is 12.0. The Hall–Kier alpha value is -1.82. The number of hydrogen-bond donors (Lipinski definition) is 1. The molecule has 118 valence electrons. The fraction of sp³-hybridized carbons (Fsp3) is 0.125. The maximum Gasteiger partial charge on any atom is 0.264 e. The Bertz CT molecular complexity index is 880. The summed E-state index contributed by atoms with van der Waals surface area (Å²) in [4.78, 5) is 16.3. The second-order valence-corrected chi connectivity index (χ2v) is 6.70. The molecular formula is C16H12Cl2N2O2S. The van der Waals surface area contributed by atoms with Crippen LogP contribution in [-0.2, 0) is 4.79 Å². The first kappa shape index (κ1) is 16.1. The zero-order chi connectivity index (χ0) is 16.4. The van der Waals surface area contributed by atoms with Gasteiger partial charge in [0.25, 0.3) is 5.91 Å². The first-order chi connectivity index (χ1) is 11.0. The van der Waals surface area contributed by atoms with E-state index >= 15 is 0 Å². The van der Waals surface area contributed by atoms with E-state index in [4.69, 9.17) is 27.9 Å². The number of rotatable bonds is 4. The second-order valence-electron chi connectivity index (χ2n) is 4.85. The summed E-state index contributed by atoms with van der Waals surface area (Å²) < 4.78 is 6.37.